The van der Waals surface area contributed by atoms with E-state index < -0.39 is 0 Å². The van der Waals surface area contributed by atoms with Crippen molar-refractivity contribution in [2.45, 2.75) is 59.4 Å². The van der Waals surface area contributed by atoms with Crippen molar-refractivity contribution in [3.8, 4) is 0 Å². The quantitative estimate of drug-likeness (QED) is 0.766. The van der Waals surface area contributed by atoms with Crippen molar-refractivity contribution < 1.29 is 0 Å². The Labute approximate surface area is 137 Å². The van der Waals surface area contributed by atoms with E-state index in [1.165, 1.54) is 42.6 Å². The van der Waals surface area contributed by atoms with E-state index >= 15 is 0 Å². The molecule has 0 radical (unpaired) electrons. The summed E-state index contributed by atoms with van der Waals surface area (Å²) in [5.74, 6) is 0. The topological polar surface area (TPSA) is 18.5 Å². The fourth-order valence-corrected chi connectivity index (χ4v) is 3.35. The number of nitrogens with one attached hydrogen (secondary N) is 1. The lowest BCUT2D eigenvalue weighted by atomic mass is 10.1. The summed E-state index contributed by atoms with van der Waals surface area (Å²) >= 11 is 3.53. The number of nitrogens with zero attached hydrogens (tertiary/aromatic N) is 2. The number of aryl methyl sites for hydroxylation is 1. The molecule has 1 heterocycles. The molecule has 116 valence electrons. The van der Waals surface area contributed by atoms with Gasteiger partial charge in [0.2, 0.25) is 0 Å². The highest BCUT2D eigenvalue weighted by atomic mass is 79.9. The molecule has 0 saturated carbocycles. The van der Waals surface area contributed by atoms with Gasteiger partial charge in [-0.2, -0.15) is 0 Å². The Morgan fingerprint density at radius 3 is 2.38 bits per heavy atom. The van der Waals surface area contributed by atoms with Crippen LogP contribution in [0.2, 0.25) is 0 Å². The monoisotopic (exact) mass is 351 g/mol. The van der Waals surface area contributed by atoms with Crippen LogP contribution in [0.5, 0.6) is 0 Å². The average molecular weight is 352 g/mol. The summed E-state index contributed by atoms with van der Waals surface area (Å²) in [7, 11) is 0. The second kappa shape index (κ2) is 7.32. The lowest BCUT2D eigenvalue weighted by Gasteiger charge is -2.31. The fraction of sp³-hybridized carbons (Fsp3) is 0.529. The summed E-state index contributed by atoms with van der Waals surface area (Å²) in [5, 5.41) is 4.46. The summed E-state index contributed by atoms with van der Waals surface area (Å²) in [6.07, 6.45) is 7.10. The Kier molecular flexibility index (Phi) is 5.71. The Balaban J connectivity index is 2.16. The van der Waals surface area contributed by atoms with Crippen LogP contribution < -0.4 is 10.5 Å². The van der Waals surface area contributed by atoms with Gasteiger partial charge in [-0.05, 0) is 50.5 Å². The molecule has 1 aliphatic heterocycles. The van der Waals surface area contributed by atoms with Crippen LogP contribution >= 0.6 is 15.9 Å². The molecule has 0 fully saturated rings. The predicted molar refractivity (Wildman–Crippen MR) is 93.7 cm³/mol. The molecule has 1 aliphatic rings. The number of hydrogen-bond acceptors (Lipinski definition) is 3. The van der Waals surface area contributed by atoms with Crippen LogP contribution in [0.15, 0.2) is 34.6 Å². The van der Waals surface area contributed by atoms with Crippen LogP contribution in [-0.4, -0.2) is 11.1 Å². The minimum Gasteiger partial charge on any atom is -0.293 e. The van der Waals surface area contributed by atoms with Crippen molar-refractivity contribution in [2.24, 2.45) is 0 Å². The van der Waals surface area contributed by atoms with Gasteiger partial charge in [0, 0.05) is 16.7 Å². The summed E-state index contributed by atoms with van der Waals surface area (Å²) in [5.41, 5.74) is 7.25. The first-order valence-electron chi connectivity index (χ1n) is 7.86. The van der Waals surface area contributed by atoms with Crippen molar-refractivity contribution in [1.82, 2.24) is 10.5 Å². The van der Waals surface area contributed by atoms with E-state index in [0.29, 0.717) is 6.04 Å². The fourth-order valence-electron chi connectivity index (χ4n) is 2.87. The van der Waals surface area contributed by atoms with Crippen LogP contribution in [0.4, 0.5) is 5.69 Å². The van der Waals surface area contributed by atoms with E-state index in [2.05, 4.69) is 83.6 Å². The molecule has 0 saturated heterocycles. The summed E-state index contributed by atoms with van der Waals surface area (Å²) in [4.78, 5) is 0. The zero-order valence-electron chi connectivity index (χ0n) is 13.5. The van der Waals surface area contributed by atoms with Gasteiger partial charge in [0.1, 0.15) is 0 Å². The number of benzene rings is 1. The second-order valence-corrected chi connectivity index (χ2v) is 6.69. The van der Waals surface area contributed by atoms with Gasteiger partial charge in [-0.1, -0.05) is 42.6 Å². The van der Waals surface area contributed by atoms with Crippen molar-refractivity contribution in [1.29, 1.82) is 0 Å². The predicted octanol–water partition coefficient (Wildman–Crippen LogP) is 5.13. The van der Waals surface area contributed by atoms with Gasteiger partial charge in [0.05, 0.1) is 11.4 Å². The normalized spacial score (nSPS) is 15.0. The van der Waals surface area contributed by atoms with Gasteiger partial charge in [-0.15, -0.1) is 5.53 Å². The largest absolute Gasteiger partial charge is 0.293 e. The molecule has 0 aliphatic carbocycles. The number of rotatable bonds is 6. The molecule has 3 nitrogen and oxygen atoms in total. The van der Waals surface area contributed by atoms with Crippen LogP contribution in [0, 0.1) is 6.92 Å². The van der Waals surface area contributed by atoms with Gasteiger partial charge in [-0.3, -0.25) is 10.0 Å². The molecule has 4 heteroatoms. The number of allylic oxidation sites excluding steroid dienone is 1. The SMILES string of the molecule is CCCC(CCC)N1C=C(C)N(c2ccc(Br)cc2C)N1. The van der Waals surface area contributed by atoms with Crippen LogP contribution in [0.1, 0.15) is 52.0 Å². The molecule has 0 bridgehead atoms. The first-order valence-corrected chi connectivity index (χ1v) is 8.65. The molecule has 1 aromatic carbocycles. The van der Waals surface area contributed by atoms with E-state index in [0.717, 1.165) is 4.47 Å². The molecule has 0 atom stereocenters. The number of halogens is 1. The molecule has 0 amide bonds. The highest BCUT2D eigenvalue weighted by Crippen LogP contribution is 2.29. The zero-order chi connectivity index (χ0) is 15.4. The minimum absolute atomic E-state index is 0.565. The van der Waals surface area contributed by atoms with Crippen LogP contribution in [-0.2, 0) is 0 Å². The minimum atomic E-state index is 0.565. The smallest absolute Gasteiger partial charge is 0.0622 e. The number of hydrogen-bond donors (Lipinski definition) is 1. The molecule has 1 aromatic rings. The van der Waals surface area contributed by atoms with Gasteiger partial charge >= 0.3 is 0 Å². The van der Waals surface area contributed by atoms with Crippen LogP contribution in [0.3, 0.4) is 0 Å². The van der Waals surface area contributed by atoms with Crippen LogP contribution in [0.25, 0.3) is 0 Å². The Morgan fingerprint density at radius 1 is 1.14 bits per heavy atom. The number of anilines is 1. The third-order valence-corrected chi connectivity index (χ3v) is 4.42. The first kappa shape index (κ1) is 16.4. The standard InChI is InChI=1S/C17H26BrN3/c1-5-7-16(8-6-2)20-12-14(4)21(19-20)17-10-9-15(18)11-13(17)3/h9-12,16,19H,5-8H2,1-4H3. The molecular formula is C17H26BrN3. The zero-order valence-corrected chi connectivity index (χ0v) is 15.1. The van der Waals surface area contributed by atoms with Gasteiger partial charge in [-0.25, -0.2) is 0 Å². The van der Waals surface area contributed by atoms with E-state index in [9.17, 15) is 0 Å². The lowest BCUT2D eigenvalue weighted by molar-refractivity contribution is 0.190. The van der Waals surface area contributed by atoms with E-state index in [4.69, 9.17) is 0 Å². The maximum Gasteiger partial charge on any atom is 0.0622 e. The van der Waals surface area contributed by atoms with Crippen molar-refractivity contribution >= 4 is 21.6 Å². The van der Waals surface area contributed by atoms with Gasteiger partial charge < -0.3 is 0 Å². The molecule has 21 heavy (non-hydrogen) atoms. The van der Waals surface area contributed by atoms with Gasteiger partial charge in [0.15, 0.2) is 0 Å². The molecule has 0 unspecified atom stereocenters. The highest BCUT2D eigenvalue weighted by molar-refractivity contribution is 9.10. The second-order valence-electron chi connectivity index (χ2n) is 5.78. The highest BCUT2D eigenvalue weighted by Gasteiger charge is 2.25. The molecule has 0 spiro atoms. The Morgan fingerprint density at radius 2 is 1.81 bits per heavy atom. The Hall–Kier alpha value is -1.00. The maximum absolute atomic E-state index is 3.55. The van der Waals surface area contributed by atoms with E-state index in [1.807, 2.05) is 0 Å². The third-order valence-electron chi connectivity index (χ3n) is 3.93. The molecular weight excluding hydrogens is 326 g/mol. The summed E-state index contributed by atoms with van der Waals surface area (Å²) in [6, 6.07) is 6.97. The van der Waals surface area contributed by atoms with Gasteiger partial charge in [0.25, 0.3) is 0 Å². The maximum atomic E-state index is 3.55. The van der Waals surface area contributed by atoms with Crippen molar-refractivity contribution in [3.63, 3.8) is 0 Å². The first-order chi connectivity index (χ1) is 10.1. The molecule has 0 aromatic heterocycles. The van der Waals surface area contributed by atoms with Crippen molar-refractivity contribution in [3.05, 3.63) is 40.1 Å². The summed E-state index contributed by atoms with van der Waals surface area (Å²) < 4.78 is 1.12. The summed E-state index contributed by atoms with van der Waals surface area (Å²) in [6.45, 7) is 8.81. The average Bonchev–Trinajstić information content (AvgIpc) is 2.80. The molecule has 1 N–H and O–H groups in total. The van der Waals surface area contributed by atoms with Crippen molar-refractivity contribution in [2.75, 3.05) is 5.01 Å². The number of hydrazine groups is 2. The Bertz CT molecular complexity index is 507. The van der Waals surface area contributed by atoms with E-state index in [-0.39, 0.29) is 0 Å². The van der Waals surface area contributed by atoms with E-state index in [1.54, 1.807) is 0 Å². The lowest BCUT2D eigenvalue weighted by Crippen LogP contribution is -2.45. The molecule has 2 rings (SSSR count). The third kappa shape index (κ3) is 3.80.